The van der Waals surface area contributed by atoms with Gasteiger partial charge in [0.2, 0.25) is 0 Å². The predicted octanol–water partition coefficient (Wildman–Crippen LogP) is 4.76. The molecule has 0 fully saturated rings. The van der Waals surface area contributed by atoms with Crippen molar-refractivity contribution in [2.75, 3.05) is 25.5 Å². The van der Waals surface area contributed by atoms with Crippen molar-refractivity contribution < 1.29 is 0 Å². The van der Waals surface area contributed by atoms with Crippen LogP contribution in [0.15, 0.2) is 57.5 Å². The molecule has 0 aliphatic carbocycles. The largest absolute Gasteiger partial charge is 0.383 e. The Kier molecular flexibility index (Phi) is 6.07. The van der Waals surface area contributed by atoms with E-state index in [0.29, 0.717) is 0 Å². The normalized spacial score (nSPS) is 10.8. The fraction of sp³-hybridized carbons (Fsp3) is 0.250. The highest BCUT2D eigenvalue weighted by atomic mass is 79.9. The second-order valence-electron chi connectivity index (χ2n) is 4.77. The smallest absolute Gasteiger partial charge is 0.0485 e. The van der Waals surface area contributed by atoms with Crippen molar-refractivity contribution in [1.82, 2.24) is 4.90 Å². The molecule has 0 bridgehead atoms. The predicted molar refractivity (Wildman–Crippen MR) is 93.1 cm³/mol. The maximum atomic E-state index is 3.54. The molecule has 1 N–H and O–H groups in total. The lowest BCUT2D eigenvalue weighted by Crippen LogP contribution is -2.24. The van der Waals surface area contributed by atoms with Gasteiger partial charge in [-0.2, -0.15) is 0 Å². The summed E-state index contributed by atoms with van der Waals surface area (Å²) in [6, 6.07) is 16.7. The number of hydrogen-bond acceptors (Lipinski definition) is 2. The molecule has 106 valence electrons. The van der Waals surface area contributed by atoms with Crippen molar-refractivity contribution in [2.24, 2.45) is 0 Å². The van der Waals surface area contributed by atoms with Crippen molar-refractivity contribution in [1.29, 1.82) is 0 Å². The van der Waals surface area contributed by atoms with E-state index in [1.165, 1.54) is 5.56 Å². The Morgan fingerprint density at radius 1 is 1.00 bits per heavy atom. The van der Waals surface area contributed by atoms with Crippen LogP contribution in [0.5, 0.6) is 0 Å². The molecule has 0 aromatic heterocycles. The molecule has 2 aromatic rings. The summed E-state index contributed by atoms with van der Waals surface area (Å²) in [5.41, 5.74) is 2.47. The topological polar surface area (TPSA) is 15.3 Å². The Morgan fingerprint density at radius 2 is 1.70 bits per heavy atom. The fourth-order valence-electron chi connectivity index (χ4n) is 1.97. The van der Waals surface area contributed by atoms with E-state index < -0.39 is 0 Å². The Balaban J connectivity index is 1.76. The maximum absolute atomic E-state index is 3.54. The van der Waals surface area contributed by atoms with Gasteiger partial charge < -0.3 is 10.2 Å². The minimum Gasteiger partial charge on any atom is -0.383 e. The Bertz CT molecular complexity index is 540. The molecule has 2 nitrogen and oxygen atoms in total. The van der Waals surface area contributed by atoms with Crippen LogP contribution in [0.2, 0.25) is 0 Å². The number of nitrogens with one attached hydrogen (secondary N) is 1. The van der Waals surface area contributed by atoms with E-state index in [-0.39, 0.29) is 0 Å². The van der Waals surface area contributed by atoms with Crippen LogP contribution in [0.3, 0.4) is 0 Å². The molecule has 0 atom stereocenters. The summed E-state index contributed by atoms with van der Waals surface area (Å²) in [6.07, 6.45) is 0. The first-order valence-corrected chi connectivity index (χ1v) is 8.15. The lowest BCUT2D eigenvalue weighted by Gasteiger charge is -2.18. The van der Waals surface area contributed by atoms with Crippen molar-refractivity contribution in [3.8, 4) is 0 Å². The van der Waals surface area contributed by atoms with Crippen LogP contribution in [-0.4, -0.2) is 25.0 Å². The summed E-state index contributed by atoms with van der Waals surface area (Å²) in [5, 5.41) is 3.44. The molecule has 4 heteroatoms. The third-order valence-corrected chi connectivity index (χ3v) is 4.27. The van der Waals surface area contributed by atoms with Gasteiger partial charge in [-0.05, 0) is 52.8 Å². The van der Waals surface area contributed by atoms with Crippen LogP contribution < -0.4 is 5.32 Å². The number of rotatable bonds is 6. The highest BCUT2D eigenvalue weighted by molar-refractivity contribution is 9.10. The monoisotopic (exact) mass is 396 g/mol. The van der Waals surface area contributed by atoms with E-state index in [4.69, 9.17) is 0 Å². The van der Waals surface area contributed by atoms with Crippen LogP contribution in [0.1, 0.15) is 5.56 Å². The zero-order chi connectivity index (χ0) is 14.4. The molecule has 0 aliphatic rings. The second-order valence-corrected chi connectivity index (χ2v) is 6.54. The van der Waals surface area contributed by atoms with Gasteiger partial charge in [0, 0.05) is 34.3 Å². The molecular formula is C16H18Br2N2. The van der Waals surface area contributed by atoms with Gasteiger partial charge in [-0.1, -0.05) is 40.2 Å². The Morgan fingerprint density at radius 3 is 2.40 bits per heavy atom. The summed E-state index contributed by atoms with van der Waals surface area (Å²) in [5.74, 6) is 0. The van der Waals surface area contributed by atoms with E-state index in [1.807, 2.05) is 18.2 Å². The Hall–Kier alpha value is -0.840. The minimum atomic E-state index is 0.926. The maximum Gasteiger partial charge on any atom is 0.0485 e. The molecule has 20 heavy (non-hydrogen) atoms. The summed E-state index contributed by atoms with van der Waals surface area (Å²) in [4.78, 5) is 2.31. The van der Waals surface area contributed by atoms with Crippen molar-refractivity contribution >= 4 is 37.5 Å². The van der Waals surface area contributed by atoms with E-state index >= 15 is 0 Å². The molecule has 0 heterocycles. The molecule has 2 rings (SSSR count). The van der Waals surface area contributed by atoms with Gasteiger partial charge in [-0.25, -0.2) is 0 Å². The van der Waals surface area contributed by atoms with Gasteiger partial charge in [0.25, 0.3) is 0 Å². The first kappa shape index (κ1) is 15.5. The zero-order valence-electron chi connectivity index (χ0n) is 11.4. The number of benzene rings is 2. The fourth-order valence-corrected chi connectivity index (χ4v) is 2.66. The molecule has 0 aliphatic heterocycles. The standard InChI is InChI=1S/C16H18Br2N2/c1-20(12-13-6-8-14(17)9-7-13)11-10-19-16-5-3-2-4-15(16)18/h2-9,19H,10-12H2,1H3. The van der Waals surface area contributed by atoms with Gasteiger partial charge in [0.15, 0.2) is 0 Å². The van der Waals surface area contributed by atoms with Crippen LogP contribution in [0.25, 0.3) is 0 Å². The van der Waals surface area contributed by atoms with Gasteiger partial charge in [0.05, 0.1) is 0 Å². The highest BCUT2D eigenvalue weighted by Crippen LogP contribution is 2.20. The lowest BCUT2D eigenvalue weighted by atomic mass is 10.2. The summed E-state index contributed by atoms with van der Waals surface area (Å²) < 4.78 is 2.23. The minimum absolute atomic E-state index is 0.926. The third-order valence-electron chi connectivity index (χ3n) is 3.05. The van der Waals surface area contributed by atoms with Crippen molar-refractivity contribution in [3.63, 3.8) is 0 Å². The van der Waals surface area contributed by atoms with Gasteiger partial charge >= 0.3 is 0 Å². The summed E-state index contributed by atoms with van der Waals surface area (Å²) >= 11 is 7.00. The first-order chi connectivity index (χ1) is 9.65. The number of anilines is 1. The number of likely N-dealkylation sites (N-methyl/N-ethyl adjacent to an activating group) is 1. The first-order valence-electron chi connectivity index (χ1n) is 6.56. The molecule has 0 amide bonds. The molecule has 0 saturated heterocycles. The number of para-hydroxylation sites is 1. The SMILES string of the molecule is CN(CCNc1ccccc1Br)Cc1ccc(Br)cc1. The number of hydrogen-bond donors (Lipinski definition) is 1. The average Bonchev–Trinajstić information content (AvgIpc) is 2.43. The summed E-state index contributed by atoms with van der Waals surface area (Å²) in [6.45, 7) is 2.89. The summed E-state index contributed by atoms with van der Waals surface area (Å²) in [7, 11) is 2.14. The van der Waals surface area contributed by atoms with E-state index in [0.717, 1.165) is 34.3 Å². The molecule has 0 spiro atoms. The Labute approximate surface area is 137 Å². The van der Waals surface area contributed by atoms with Crippen molar-refractivity contribution in [2.45, 2.75) is 6.54 Å². The van der Waals surface area contributed by atoms with E-state index in [1.54, 1.807) is 0 Å². The van der Waals surface area contributed by atoms with Gasteiger partial charge in [-0.3, -0.25) is 0 Å². The molecule has 0 radical (unpaired) electrons. The molecule has 0 saturated carbocycles. The highest BCUT2D eigenvalue weighted by Gasteiger charge is 2.01. The second kappa shape index (κ2) is 7.81. The molecule has 2 aromatic carbocycles. The lowest BCUT2D eigenvalue weighted by molar-refractivity contribution is 0.340. The van der Waals surface area contributed by atoms with E-state index in [2.05, 4.69) is 79.5 Å². The van der Waals surface area contributed by atoms with E-state index in [9.17, 15) is 0 Å². The van der Waals surface area contributed by atoms with Gasteiger partial charge in [0.1, 0.15) is 0 Å². The van der Waals surface area contributed by atoms with Crippen LogP contribution in [0.4, 0.5) is 5.69 Å². The van der Waals surface area contributed by atoms with Gasteiger partial charge in [-0.15, -0.1) is 0 Å². The number of halogens is 2. The van der Waals surface area contributed by atoms with Crippen LogP contribution in [-0.2, 0) is 6.54 Å². The van der Waals surface area contributed by atoms with Crippen LogP contribution in [0, 0.1) is 0 Å². The molecule has 0 unspecified atom stereocenters. The zero-order valence-corrected chi connectivity index (χ0v) is 14.6. The molecular weight excluding hydrogens is 380 g/mol. The third kappa shape index (κ3) is 4.93. The average molecular weight is 398 g/mol. The van der Waals surface area contributed by atoms with Crippen molar-refractivity contribution in [3.05, 3.63) is 63.0 Å². The number of nitrogens with zero attached hydrogens (tertiary/aromatic N) is 1. The quantitative estimate of drug-likeness (QED) is 0.756. The van der Waals surface area contributed by atoms with Crippen LogP contribution >= 0.6 is 31.9 Å².